The lowest BCUT2D eigenvalue weighted by molar-refractivity contribution is 0.383. The minimum Gasteiger partial charge on any atom is -0.310 e. The molecular weight excluding hydrogens is 345 g/mol. The minimum absolute atomic E-state index is 0. The Hall–Kier alpha value is -0.840. The van der Waals surface area contributed by atoms with Crippen LogP contribution in [0.25, 0.3) is 0 Å². The van der Waals surface area contributed by atoms with Crippen molar-refractivity contribution in [2.75, 3.05) is 13.1 Å². The zero-order chi connectivity index (χ0) is 15.0. The molecule has 0 saturated carbocycles. The van der Waals surface area contributed by atoms with Crippen molar-refractivity contribution in [2.24, 2.45) is 0 Å². The molecule has 0 spiro atoms. The van der Waals surface area contributed by atoms with Gasteiger partial charge in [0.1, 0.15) is 11.0 Å². The van der Waals surface area contributed by atoms with E-state index in [0.717, 1.165) is 19.3 Å². The van der Waals surface area contributed by atoms with Crippen LogP contribution in [0.1, 0.15) is 24.8 Å². The summed E-state index contributed by atoms with van der Waals surface area (Å²) in [5.74, 6) is 0. The second kappa shape index (κ2) is 6.73. The molecule has 120 valence electrons. The Morgan fingerprint density at radius 1 is 1.27 bits per heavy atom. The van der Waals surface area contributed by atoms with Gasteiger partial charge in [-0.2, -0.15) is 9.57 Å². The fraction of sp³-hybridized carbons (Fsp3) is 0.500. The van der Waals surface area contributed by atoms with Crippen LogP contribution in [-0.2, 0) is 10.0 Å². The molecule has 2 aliphatic rings. The summed E-state index contributed by atoms with van der Waals surface area (Å²) >= 11 is 5.95. The number of sulfonamides is 1. The third-order valence-corrected chi connectivity index (χ3v) is 6.41. The Labute approximate surface area is 141 Å². The van der Waals surface area contributed by atoms with E-state index in [1.165, 1.54) is 16.4 Å². The topological polar surface area (TPSA) is 73.2 Å². The summed E-state index contributed by atoms with van der Waals surface area (Å²) in [6.45, 7) is 0.935. The molecule has 2 fully saturated rings. The fourth-order valence-corrected chi connectivity index (χ4v) is 5.03. The molecule has 22 heavy (non-hydrogen) atoms. The number of hydrogen-bond donors (Lipinski definition) is 1. The summed E-state index contributed by atoms with van der Waals surface area (Å²) in [4.78, 5) is 0.00951. The lowest BCUT2D eigenvalue weighted by atomic mass is 10.1. The normalized spacial score (nSPS) is 25.1. The number of nitrogens with one attached hydrogen (secondary N) is 1. The van der Waals surface area contributed by atoms with Crippen molar-refractivity contribution in [3.05, 3.63) is 28.8 Å². The summed E-state index contributed by atoms with van der Waals surface area (Å²) in [6, 6.07) is 7.07. The van der Waals surface area contributed by atoms with Crippen molar-refractivity contribution in [3.8, 4) is 6.07 Å². The van der Waals surface area contributed by atoms with E-state index in [0.29, 0.717) is 19.1 Å². The van der Waals surface area contributed by atoms with Gasteiger partial charge in [0.2, 0.25) is 10.0 Å². The van der Waals surface area contributed by atoms with Crippen molar-refractivity contribution in [1.29, 1.82) is 5.26 Å². The Bertz CT molecular complexity index is 703. The molecule has 5 nitrogen and oxygen atoms in total. The van der Waals surface area contributed by atoms with Gasteiger partial charge in [-0.05, 0) is 31.4 Å². The predicted molar refractivity (Wildman–Crippen MR) is 86.7 cm³/mol. The quantitative estimate of drug-likeness (QED) is 0.875. The summed E-state index contributed by atoms with van der Waals surface area (Å²) in [5.41, 5.74) is 0.0292. The Morgan fingerprint density at radius 2 is 2.00 bits per heavy atom. The second-order valence-electron chi connectivity index (χ2n) is 5.51. The number of fused-ring (bicyclic) bond motifs is 2. The molecule has 1 aromatic rings. The number of nitrogens with zero attached hydrogens (tertiary/aromatic N) is 2. The van der Waals surface area contributed by atoms with Crippen LogP contribution in [0, 0.1) is 11.3 Å². The molecule has 0 amide bonds. The largest absolute Gasteiger partial charge is 0.310 e. The van der Waals surface area contributed by atoms with Gasteiger partial charge < -0.3 is 5.32 Å². The van der Waals surface area contributed by atoms with Crippen LogP contribution in [0.3, 0.4) is 0 Å². The summed E-state index contributed by atoms with van der Waals surface area (Å²) in [5, 5.41) is 12.8. The average molecular weight is 362 g/mol. The highest BCUT2D eigenvalue weighted by Gasteiger charge is 2.36. The first-order valence-corrected chi connectivity index (χ1v) is 8.79. The third-order valence-electron chi connectivity index (χ3n) is 4.19. The molecule has 0 radical (unpaired) electrons. The smallest absolute Gasteiger partial charge is 0.244 e. The van der Waals surface area contributed by atoms with E-state index in [9.17, 15) is 13.7 Å². The van der Waals surface area contributed by atoms with Gasteiger partial charge in [-0.25, -0.2) is 8.42 Å². The van der Waals surface area contributed by atoms with Crippen LogP contribution in [0.5, 0.6) is 0 Å². The van der Waals surface area contributed by atoms with Crippen molar-refractivity contribution < 1.29 is 8.42 Å². The maximum atomic E-state index is 12.8. The van der Waals surface area contributed by atoms with E-state index in [4.69, 9.17) is 11.6 Å². The molecule has 2 atom stereocenters. The average Bonchev–Trinajstić information content (AvgIpc) is 2.77. The fourth-order valence-electron chi connectivity index (χ4n) is 3.10. The molecular formula is C14H17Cl2N3O2S. The summed E-state index contributed by atoms with van der Waals surface area (Å²) < 4.78 is 27.2. The lowest BCUT2D eigenvalue weighted by Crippen LogP contribution is -2.39. The zero-order valence-corrected chi connectivity index (χ0v) is 14.2. The first-order chi connectivity index (χ1) is 10.0. The lowest BCUT2D eigenvalue weighted by Gasteiger charge is -2.24. The van der Waals surface area contributed by atoms with Crippen LogP contribution in [-0.4, -0.2) is 37.9 Å². The Balaban J connectivity index is 0.00000176. The molecule has 2 aliphatic heterocycles. The molecule has 2 unspecified atom stereocenters. The van der Waals surface area contributed by atoms with Crippen LogP contribution < -0.4 is 5.32 Å². The standard InChI is InChI=1S/C14H16ClN3O2S.ClH/c15-13-2-1-3-14(12(13)8-16)21(19,20)18-7-6-10-4-5-11(9-18)17-10;/h1-3,10-11,17H,4-7,9H2;1H. The van der Waals surface area contributed by atoms with Gasteiger partial charge in [-0.3, -0.25) is 0 Å². The van der Waals surface area contributed by atoms with E-state index >= 15 is 0 Å². The molecule has 2 heterocycles. The first kappa shape index (κ1) is 17.5. The highest BCUT2D eigenvalue weighted by atomic mass is 35.5. The highest BCUT2D eigenvalue weighted by molar-refractivity contribution is 7.89. The number of rotatable bonds is 2. The van der Waals surface area contributed by atoms with Crippen LogP contribution in [0.2, 0.25) is 5.02 Å². The molecule has 1 aromatic carbocycles. The van der Waals surface area contributed by atoms with E-state index in [-0.39, 0.29) is 33.9 Å². The summed E-state index contributed by atoms with van der Waals surface area (Å²) in [6.07, 6.45) is 2.91. The van der Waals surface area contributed by atoms with Crippen LogP contribution in [0.4, 0.5) is 0 Å². The maximum absolute atomic E-state index is 12.8. The van der Waals surface area contributed by atoms with Crippen molar-refractivity contribution in [3.63, 3.8) is 0 Å². The molecule has 0 aromatic heterocycles. The number of nitriles is 1. The zero-order valence-electron chi connectivity index (χ0n) is 11.8. The van der Waals surface area contributed by atoms with E-state index < -0.39 is 10.0 Å². The van der Waals surface area contributed by atoms with Gasteiger partial charge in [0.05, 0.1) is 10.6 Å². The van der Waals surface area contributed by atoms with E-state index in [1.54, 1.807) is 6.07 Å². The van der Waals surface area contributed by atoms with Gasteiger partial charge in [0, 0.05) is 25.2 Å². The first-order valence-electron chi connectivity index (χ1n) is 6.97. The Morgan fingerprint density at radius 3 is 2.73 bits per heavy atom. The van der Waals surface area contributed by atoms with Crippen molar-refractivity contribution in [2.45, 2.75) is 36.2 Å². The SMILES string of the molecule is Cl.N#Cc1c(Cl)cccc1S(=O)(=O)N1CCC2CCC(C1)N2. The maximum Gasteiger partial charge on any atom is 0.244 e. The molecule has 8 heteroatoms. The molecule has 2 bridgehead atoms. The second-order valence-corrected chi connectivity index (χ2v) is 7.83. The predicted octanol–water partition coefficient (Wildman–Crippen LogP) is 2.15. The third kappa shape index (κ3) is 3.10. The van der Waals surface area contributed by atoms with Crippen molar-refractivity contribution >= 4 is 34.0 Å². The van der Waals surface area contributed by atoms with Gasteiger partial charge in [0.15, 0.2) is 0 Å². The summed E-state index contributed by atoms with van der Waals surface area (Å²) in [7, 11) is -3.69. The molecule has 2 saturated heterocycles. The van der Waals surface area contributed by atoms with Gasteiger partial charge >= 0.3 is 0 Å². The van der Waals surface area contributed by atoms with Gasteiger partial charge in [-0.1, -0.05) is 17.7 Å². The number of hydrogen-bond acceptors (Lipinski definition) is 4. The highest BCUT2D eigenvalue weighted by Crippen LogP contribution is 2.29. The number of halogens is 2. The van der Waals surface area contributed by atoms with Gasteiger partial charge in [-0.15, -0.1) is 12.4 Å². The van der Waals surface area contributed by atoms with Crippen LogP contribution in [0.15, 0.2) is 23.1 Å². The monoisotopic (exact) mass is 361 g/mol. The van der Waals surface area contributed by atoms with Crippen molar-refractivity contribution in [1.82, 2.24) is 9.62 Å². The van der Waals surface area contributed by atoms with Crippen LogP contribution >= 0.6 is 24.0 Å². The molecule has 0 aliphatic carbocycles. The Kier molecular flexibility index (Phi) is 5.36. The van der Waals surface area contributed by atoms with E-state index in [1.807, 2.05) is 6.07 Å². The molecule has 1 N–H and O–H groups in total. The van der Waals surface area contributed by atoms with E-state index in [2.05, 4.69) is 5.32 Å². The molecule has 3 rings (SSSR count). The minimum atomic E-state index is -3.69. The number of benzene rings is 1. The van der Waals surface area contributed by atoms with Gasteiger partial charge in [0.25, 0.3) is 0 Å².